The highest BCUT2D eigenvalue weighted by molar-refractivity contribution is 5.03. The Bertz CT molecular complexity index is 106. The predicted octanol–water partition coefficient (Wildman–Crippen LogP) is 1.90. The van der Waals surface area contributed by atoms with Crippen LogP contribution in [-0.4, -0.2) is 6.54 Å². The molecule has 0 bridgehead atoms. The van der Waals surface area contributed by atoms with E-state index < -0.39 is 6.08 Å². The second kappa shape index (κ2) is 4.44. The summed E-state index contributed by atoms with van der Waals surface area (Å²) in [5, 5.41) is 0. The topological polar surface area (TPSA) is 26.0 Å². The summed E-state index contributed by atoms with van der Waals surface area (Å²) in [4.78, 5) is 0. The van der Waals surface area contributed by atoms with E-state index in [1.54, 1.807) is 0 Å². The third kappa shape index (κ3) is 3.19. The van der Waals surface area contributed by atoms with Gasteiger partial charge < -0.3 is 5.73 Å². The van der Waals surface area contributed by atoms with Crippen molar-refractivity contribution in [1.29, 1.82) is 0 Å². The van der Waals surface area contributed by atoms with Crippen LogP contribution >= 0.6 is 0 Å². The highest BCUT2D eigenvalue weighted by atomic mass is 19.3. The first-order valence-electron chi connectivity index (χ1n) is 2.95. The van der Waals surface area contributed by atoms with Gasteiger partial charge in [0.2, 0.25) is 0 Å². The Morgan fingerprint density at radius 1 is 1.44 bits per heavy atom. The number of halogens is 2. The van der Waals surface area contributed by atoms with Gasteiger partial charge in [-0.3, -0.25) is 0 Å². The van der Waals surface area contributed by atoms with Gasteiger partial charge in [-0.05, 0) is 6.42 Å². The minimum atomic E-state index is -1.61. The van der Waals surface area contributed by atoms with Crippen LogP contribution in [0.25, 0.3) is 0 Å². The Morgan fingerprint density at radius 3 is 2.11 bits per heavy atom. The first-order chi connectivity index (χ1) is 4.22. The van der Waals surface area contributed by atoms with E-state index in [-0.39, 0.29) is 12.1 Å². The van der Waals surface area contributed by atoms with Gasteiger partial charge in [0, 0.05) is 12.1 Å². The van der Waals surface area contributed by atoms with Crippen LogP contribution in [0.5, 0.6) is 0 Å². The number of hydrogen-bond donors (Lipinski definition) is 1. The average Bonchev–Trinajstić information content (AvgIpc) is 1.82. The zero-order chi connectivity index (χ0) is 7.28. The molecule has 1 nitrogen and oxygen atoms in total. The molecular weight excluding hydrogens is 124 g/mol. The van der Waals surface area contributed by atoms with E-state index in [1.165, 1.54) is 0 Å². The van der Waals surface area contributed by atoms with Crippen LogP contribution in [0.3, 0.4) is 0 Å². The molecule has 0 heterocycles. The largest absolute Gasteiger partial charge is 0.327 e. The molecule has 3 heteroatoms. The zero-order valence-corrected chi connectivity index (χ0v) is 5.45. The molecule has 0 rings (SSSR count). The van der Waals surface area contributed by atoms with E-state index in [0.717, 1.165) is 6.42 Å². The van der Waals surface area contributed by atoms with Gasteiger partial charge in [0.1, 0.15) is 0 Å². The normalized spacial score (nSPS) is 9.33. The smallest absolute Gasteiger partial charge is 0.270 e. The maximum atomic E-state index is 11.7. The van der Waals surface area contributed by atoms with Crippen LogP contribution < -0.4 is 5.73 Å². The van der Waals surface area contributed by atoms with E-state index in [1.807, 2.05) is 6.92 Å². The van der Waals surface area contributed by atoms with Gasteiger partial charge in [-0.15, -0.1) is 0 Å². The first-order valence-corrected chi connectivity index (χ1v) is 2.95. The zero-order valence-electron chi connectivity index (χ0n) is 5.45. The fourth-order valence-electron chi connectivity index (χ4n) is 0.575. The number of hydrogen-bond acceptors (Lipinski definition) is 1. The molecule has 0 aliphatic carbocycles. The summed E-state index contributed by atoms with van der Waals surface area (Å²) in [6.45, 7) is 1.83. The van der Waals surface area contributed by atoms with Gasteiger partial charge in [-0.25, -0.2) is 0 Å². The van der Waals surface area contributed by atoms with Crippen molar-refractivity contribution in [3.05, 3.63) is 11.7 Å². The van der Waals surface area contributed by atoms with Crippen LogP contribution in [0.2, 0.25) is 0 Å². The minimum absolute atomic E-state index is 0.0177. The minimum Gasteiger partial charge on any atom is -0.327 e. The molecule has 0 atom stereocenters. The molecule has 0 saturated heterocycles. The molecule has 0 aromatic carbocycles. The molecular formula is C6H11F2N. The molecule has 0 aliphatic heterocycles. The standard InChI is InChI=1S/C6H11F2N/c1-2-3-5(4-9)6(7)8/h2-4,9H2,1H3. The van der Waals surface area contributed by atoms with Crippen molar-refractivity contribution in [1.82, 2.24) is 0 Å². The second-order valence-corrected chi connectivity index (χ2v) is 1.82. The van der Waals surface area contributed by atoms with Crippen LogP contribution in [0.4, 0.5) is 8.78 Å². The summed E-state index contributed by atoms with van der Waals surface area (Å²) in [7, 11) is 0. The molecule has 0 spiro atoms. The van der Waals surface area contributed by atoms with Crippen LogP contribution in [0.1, 0.15) is 19.8 Å². The van der Waals surface area contributed by atoms with Gasteiger partial charge in [-0.2, -0.15) is 8.78 Å². The maximum absolute atomic E-state index is 11.7. The molecule has 0 aromatic rings. The Morgan fingerprint density at radius 2 is 2.00 bits per heavy atom. The molecule has 0 amide bonds. The fraction of sp³-hybridized carbons (Fsp3) is 0.667. The maximum Gasteiger partial charge on any atom is 0.270 e. The lowest BCUT2D eigenvalue weighted by molar-refractivity contribution is 0.405. The predicted molar refractivity (Wildman–Crippen MR) is 33.2 cm³/mol. The Labute approximate surface area is 53.5 Å². The molecule has 0 aliphatic rings. The van der Waals surface area contributed by atoms with Gasteiger partial charge >= 0.3 is 0 Å². The van der Waals surface area contributed by atoms with Crippen molar-refractivity contribution in [2.24, 2.45) is 5.73 Å². The second-order valence-electron chi connectivity index (χ2n) is 1.82. The van der Waals surface area contributed by atoms with Crippen LogP contribution in [-0.2, 0) is 0 Å². The van der Waals surface area contributed by atoms with E-state index in [9.17, 15) is 8.78 Å². The molecule has 0 fully saturated rings. The monoisotopic (exact) mass is 135 g/mol. The quantitative estimate of drug-likeness (QED) is 0.628. The van der Waals surface area contributed by atoms with E-state index in [2.05, 4.69) is 0 Å². The summed E-state index contributed by atoms with van der Waals surface area (Å²) in [6, 6.07) is 0. The van der Waals surface area contributed by atoms with Crippen molar-refractivity contribution < 1.29 is 8.78 Å². The Kier molecular flexibility index (Phi) is 4.22. The lowest BCUT2D eigenvalue weighted by atomic mass is 10.2. The molecule has 0 saturated carbocycles. The van der Waals surface area contributed by atoms with Crippen molar-refractivity contribution in [3.8, 4) is 0 Å². The van der Waals surface area contributed by atoms with Crippen molar-refractivity contribution in [2.75, 3.05) is 6.54 Å². The number of nitrogens with two attached hydrogens (primary N) is 1. The van der Waals surface area contributed by atoms with Crippen molar-refractivity contribution in [3.63, 3.8) is 0 Å². The van der Waals surface area contributed by atoms with E-state index >= 15 is 0 Å². The van der Waals surface area contributed by atoms with E-state index in [0.29, 0.717) is 6.42 Å². The highest BCUT2D eigenvalue weighted by Gasteiger charge is 2.00. The van der Waals surface area contributed by atoms with Crippen LogP contribution in [0, 0.1) is 0 Å². The van der Waals surface area contributed by atoms with Gasteiger partial charge in [-0.1, -0.05) is 13.3 Å². The van der Waals surface area contributed by atoms with Gasteiger partial charge in [0.15, 0.2) is 0 Å². The summed E-state index contributed by atoms with van der Waals surface area (Å²) < 4.78 is 23.4. The lowest BCUT2D eigenvalue weighted by Crippen LogP contribution is -2.03. The molecule has 0 unspecified atom stereocenters. The van der Waals surface area contributed by atoms with Crippen molar-refractivity contribution in [2.45, 2.75) is 19.8 Å². The molecule has 9 heavy (non-hydrogen) atoms. The average molecular weight is 135 g/mol. The lowest BCUT2D eigenvalue weighted by Gasteiger charge is -1.97. The Hall–Kier alpha value is -0.440. The third-order valence-electron chi connectivity index (χ3n) is 1.07. The summed E-state index contributed by atoms with van der Waals surface area (Å²) in [5.74, 6) is 0. The first kappa shape index (κ1) is 8.56. The fourth-order valence-corrected chi connectivity index (χ4v) is 0.575. The summed E-state index contributed by atoms with van der Waals surface area (Å²) in [5.41, 5.74) is 5.10. The van der Waals surface area contributed by atoms with E-state index in [4.69, 9.17) is 5.73 Å². The van der Waals surface area contributed by atoms with Gasteiger partial charge in [0.25, 0.3) is 6.08 Å². The summed E-state index contributed by atoms with van der Waals surface area (Å²) >= 11 is 0. The molecule has 0 radical (unpaired) electrons. The summed E-state index contributed by atoms with van der Waals surface area (Å²) in [6.07, 6.45) is -0.470. The highest BCUT2D eigenvalue weighted by Crippen LogP contribution is 2.11. The Balaban J connectivity index is 3.83. The molecule has 54 valence electrons. The molecule has 0 aromatic heterocycles. The number of rotatable bonds is 3. The van der Waals surface area contributed by atoms with Gasteiger partial charge in [0.05, 0.1) is 0 Å². The SMILES string of the molecule is CCCC(CN)=C(F)F. The van der Waals surface area contributed by atoms with Crippen LogP contribution in [0.15, 0.2) is 11.7 Å². The molecule has 2 N–H and O–H groups in total. The van der Waals surface area contributed by atoms with Crippen molar-refractivity contribution >= 4 is 0 Å². The third-order valence-corrected chi connectivity index (χ3v) is 1.07.